The fraction of sp³-hybridized carbons (Fsp3) is 0.200. The molecule has 2 aromatic heterocycles. The molecule has 0 aliphatic carbocycles. The second-order valence-corrected chi connectivity index (χ2v) is 10.8. The Kier molecular flexibility index (Phi) is 7.35. The van der Waals surface area contributed by atoms with Gasteiger partial charge in [0.05, 0.1) is 34.0 Å². The number of carboxylic acid groups (broad SMARTS) is 1. The number of allylic oxidation sites excluding steroid dienone is 1. The largest absolute Gasteiger partial charge is 0.478 e. The molecule has 5 rings (SSSR count). The van der Waals surface area contributed by atoms with Crippen molar-refractivity contribution in [1.29, 1.82) is 0 Å². The fourth-order valence-corrected chi connectivity index (χ4v) is 6.14. The van der Waals surface area contributed by atoms with Crippen molar-refractivity contribution in [1.82, 2.24) is 9.13 Å². The van der Waals surface area contributed by atoms with Gasteiger partial charge < -0.3 is 14.4 Å². The predicted molar refractivity (Wildman–Crippen MR) is 154 cm³/mol. The predicted octanol–water partition coefficient (Wildman–Crippen LogP) is 4.56. The molecule has 1 aliphatic rings. The van der Waals surface area contributed by atoms with Gasteiger partial charge in [-0.2, -0.15) is 0 Å². The Morgan fingerprint density at radius 2 is 1.77 bits per heavy atom. The number of carboxylic acids is 1. The summed E-state index contributed by atoms with van der Waals surface area (Å²) in [7, 11) is 0. The summed E-state index contributed by atoms with van der Waals surface area (Å²) in [4.78, 5) is 43.3. The highest BCUT2D eigenvalue weighted by molar-refractivity contribution is 7.07. The van der Waals surface area contributed by atoms with Crippen LogP contribution in [0.4, 0.5) is 0 Å². The first kappa shape index (κ1) is 27.4. The van der Waals surface area contributed by atoms with E-state index >= 15 is 0 Å². The van der Waals surface area contributed by atoms with E-state index in [4.69, 9.17) is 16.3 Å². The van der Waals surface area contributed by atoms with Crippen LogP contribution in [0.2, 0.25) is 5.02 Å². The maximum absolute atomic E-state index is 13.9. The second kappa shape index (κ2) is 10.7. The number of aromatic carboxylic acids is 1. The molecule has 8 nitrogen and oxygen atoms in total. The van der Waals surface area contributed by atoms with Crippen molar-refractivity contribution < 1.29 is 19.4 Å². The van der Waals surface area contributed by atoms with Gasteiger partial charge in [0, 0.05) is 22.1 Å². The SMILES string of the molecule is CCOC(=O)C1=C(C)N=c2s/c(=C/c3cc(C)n(-c4ccc(C(=O)O)cc4)c3C)c(=O)n2C1c1ccc(Cl)cc1. The van der Waals surface area contributed by atoms with Gasteiger partial charge in [0.15, 0.2) is 4.80 Å². The first-order valence-electron chi connectivity index (χ1n) is 12.6. The van der Waals surface area contributed by atoms with Gasteiger partial charge in [-0.3, -0.25) is 9.36 Å². The Morgan fingerprint density at radius 3 is 2.40 bits per heavy atom. The standard InChI is InChI=1S/C30H26ClN3O5S/c1-5-39-29(38)25-17(3)32-30-34(26(25)19-6-10-22(31)11-7-19)27(35)24(40-30)15-21-14-16(2)33(18(21)4)23-12-8-20(9-13-23)28(36)37/h6-15,26H,5H2,1-4H3,(H,36,37)/b24-15+. The monoisotopic (exact) mass is 575 g/mol. The van der Waals surface area contributed by atoms with Crippen molar-refractivity contribution in [2.24, 2.45) is 4.99 Å². The highest BCUT2D eigenvalue weighted by Gasteiger charge is 2.33. The number of carbonyl (C=O) groups excluding carboxylic acids is 1. The topological polar surface area (TPSA) is 103 Å². The molecule has 1 unspecified atom stereocenters. The van der Waals surface area contributed by atoms with E-state index in [9.17, 15) is 19.5 Å². The van der Waals surface area contributed by atoms with Gasteiger partial charge >= 0.3 is 11.9 Å². The first-order chi connectivity index (χ1) is 19.1. The lowest BCUT2D eigenvalue weighted by molar-refractivity contribution is -0.139. The zero-order chi connectivity index (χ0) is 28.7. The molecule has 0 fully saturated rings. The fourth-order valence-electron chi connectivity index (χ4n) is 4.98. The molecule has 204 valence electrons. The van der Waals surface area contributed by atoms with E-state index in [0.717, 1.165) is 28.2 Å². The molecule has 1 aliphatic heterocycles. The Morgan fingerprint density at radius 1 is 1.10 bits per heavy atom. The Labute approximate surface area is 238 Å². The Balaban J connectivity index is 1.66. The molecule has 0 saturated heterocycles. The Bertz CT molecular complexity index is 1860. The van der Waals surface area contributed by atoms with Crippen LogP contribution >= 0.6 is 22.9 Å². The molecule has 10 heteroatoms. The van der Waals surface area contributed by atoms with E-state index in [-0.39, 0.29) is 17.7 Å². The number of halogens is 1. The number of aryl methyl sites for hydroxylation is 1. The molecule has 2 aromatic carbocycles. The van der Waals surface area contributed by atoms with Crippen LogP contribution in [0.15, 0.2) is 75.7 Å². The number of thiazole rings is 1. The van der Waals surface area contributed by atoms with E-state index < -0.39 is 18.0 Å². The van der Waals surface area contributed by atoms with Crippen molar-refractivity contribution in [2.45, 2.75) is 33.7 Å². The number of hydrogen-bond acceptors (Lipinski definition) is 6. The van der Waals surface area contributed by atoms with Crippen molar-refractivity contribution in [3.8, 4) is 5.69 Å². The van der Waals surface area contributed by atoms with Crippen molar-refractivity contribution >= 4 is 41.0 Å². The number of hydrogen-bond donors (Lipinski definition) is 1. The zero-order valence-corrected chi connectivity index (χ0v) is 23.8. The molecule has 1 atom stereocenters. The number of ether oxygens (including phenoxy) is 1. The number of nitrogens with zero attached hydrogens (tertiary/aromatic N) is 3. The van der Waals surface area contributed by atoms with Gasteiger partial charge in [-0.05, 0) is 87.4 Å². The van der Waals surface area contributed by atoms with Crippen LogP contribution in [0.25, 0.3) is 11.8 Å². The maximum Gasteiger partial charge on any atom is 0.338 e. The molecule has 3 heterocycles. The molecule has 0 spiro atoms. The lowest BCUT2D eigenvalue weighted by atomic mass is 9.96. The smallest absolute Gasteiger partial charge is 0.338 e. The van der Waals surface area contributed by atoms with Crippen LogP contribution in [0, 0.1) is 13.8 Å². The average molecular weight is 576 g/mol. The third kappa shape index (κ3) is 4.82. The summed E-state index contributed by atoms with van der Waals surface area (Å²) in [5.41, 5.74) is 4.95. The van der Waals surface area contributed by atoms with Gasteiger partial charge in [0.25, 0.3) is 5.56 Å². The van der Waals surface area contributed by atoms with Gasteiger partial charge in [-0.15, -0.1) is 0 Å². The molecule has 40 heavy (non-hydrogen) atoms. The summed E-state index contributed by atoms with van der Waals surface area (Å²) in [6.07, 6.45) is 1.83. The summed E-state index contributed by atoms with van der Waals surface area (Å²) in [6, 6.07) is 14.9. The van der Waals surface area contributed by atoms with Crippen LogP contribution in [0.1, 0.15) is 52.8 Å². The molecular formula is C30H26ClN3O5S. The minimum atomic E-state index is -0.984. The van der Waals surface area contributed by atoms with E-state index in [0.29, 0.717) is 25.6 Å². The summed E-state index contributed by atoms with van der Waals surface area (Å²) < 4.78 is 9.36. The van der Waals surface area contributed by atoms with Gasteiger partial charge in [0.1, 0.15) is 0 Å². The average Bonchev–Trinajstić information content (AvgIpc) is 3.37. The highest BCUT2D eigenvalue weighted by atomic mass is 35.5. The van der Waals surface area contributed by atoms with Crippen LogP contribution in [-0.2, 0) is 9.53 Å². The minimum absolute atomic E-state index is 0.196. The second-order valence-electron chi connectivity index (χ2n) is 9.37. The van der Waals surface area contributed by atoms with Crippen LogP contribution in [0.3, 0.4) is 0 Å². The lowest BCUT2D eigenvalue weighted by Gasteiger charge is -2.24. The lowest BCUT2D eigenvalue weighted by Crippen LogP contribution is -2.39. The molecule has 0 amide bonds. The quantitative estimate of drug-likeness (QED) is 0.340. The van der Waals surface area contributed by atoms with Gasteiger partial charge in [-0.1, -0.05) is 35.1 Å². The summed E-state index contributed by atoms with van der Waals surface area (Å²) in [5, 5.41) is 9.77. The van der Waals surface area contributed by atoms with E-state index in [1.54, 1.807) is 66.9 Å². The summed E-state index contributed by atoms with van der Waals surface area (Å²) in [6.45, 7) is 7.57. The van der Waals surface area contributed by atoms with E-state index in [1.165, 1.54) is 11.3 Å². The van der Waals surface area contributed by atoms with Crippen LogP contribution < -0.4 is 14.9 Å². The number of fused-ring (bicyclic) bond motifs is 1. The van der Waals surface area contributed by atoms with Gasteiger partial charge in [-0.25, -0.2) is 14.6 Å². The molecule has 0 saturated carbocycles. The van der Waals surface area contributed by atoms with Crippen molar-refractivity contribution in [3.05, 3.63) is 119 Å². The van der Waals surface area contributed by atoms with Crippen LogP contribution in [-0.4, -0.2) is 32.8 Å². The zero-order valence-electron chi connectivity index (χ0n) is 22.3. The number of benzene rings is 2. The number of rotatable bonds is 6. The molecule has 0 radical (unpaired) electrons. The van der Waals surface area contributed by atoms with Crippen LogP contribution in [0.5, 0.6) is 0 Å². The normalized spacial score (nSPS) is 15.1. The summed E-state index contributed by atoms with van der Waals surface area (Å²) >= 11 is 7.38. The van der Waals surface area contributed by atoms with E-state index in [1.807, 2.05) is 30.6 Å². The third-order valence-electron chi connectivity index (χ3n) is 6.83. The molecule has 1 N–H and O–H groups in total. The molecule has 0 bridgehead atoms. The first-order valence-corrected chi connectivity index (χ1v) is 13.8. The van der Waals surface area contributed by atoms with Gasteiger partial charge in [0.2, 0.25) is 0 Å². The van der Waals surface area contributed by atoms with Crippen molar-refractivity contribution in [3.63, 3.8) is 0 Å². The van der Waals surface area contributed by atoms with Crippen molar-refractivity contribution in [2.75, 3.05) is 6.61 Å². The summed E-state index contributed by atoms with van der Waals surface area (Å²) in [5.74, 6) is -1.50. The number of esters is 1. The Hall–Kier alpha value is -4.21. The third-order valence-corrected chi connectivity index (χ3v) is 8.07. The maximum atomic E-state index is 13.9. The number of aromatic nitrogens is 2. The minimum Gasteiger partial charge on any atom is -0.478 e. The highest BCUT2D eigenvalue weighted by Crippen LogP contribution is 2.31. The molecule has 4 aromatic rings. The van der Waals surface area contributed by atoms with E-state index in [2.05, 4.69) is 4.99 Å². The number of carbonyl (C=O) groups is 2. The molecular weight excluding hydrogens is 550 g/mol.